The molecule has 0 amide bonds. The molecule has 0 aliphatic carbocycles. The van der Waals surface area contributed by atoms with Crippen LogP contribution in [0.1, 0.15) is 20.7 Å². The Morgan fingerprint density at radius 1 is 1.36 bits per heavy atom. The second-order valence-corrected chi connectivity index (χ2v) is 4.17. The Labute approximate surface area is 97.7 Å². The molecule has 0 saturated heterocycles. The Bertz CT molecular complexity index is 388. The zero-order valence-corrected chi connectivity index (χ0v) is 10.4. The molecular formula is C9H6Br2O3. The van der Waals surface area contributed by atoms with E-state index in [1.54, 1.807) is 12.1 Å². The van der Waals surface area contributed by atoms with Gasteiger partial charge in [0.05, 0.1) is 12.7 Å². The van der Waals surface area contributed by atoms with E-state index >= 15 is 0 Å². The van der Waals surface area contributed by atoms with Crippen molar-refractivity contribution < 1.29 is 14.3 Å². The van der Waals surface area contributed by atoms with E-state index in [1.165, 1.54) is 7.11 Å². The molecule has 1 aromatic rings. The molecule has 0 heterocycles. The largest absolute Gasteiger partial charge is 0.465 e. The second kappa shape index (κ2) is 4.70. The van der Waals surface area contributed by atoms with Crippen molar-refractivity contribution in [2.75, 3.05) is 7.11 Å². The molecule has 74 valence electrons. The highest BCUT2D eigenvalue weighted by Crippen LogP contribution is 2.26. The zero-order valence-electron chi connectivity index (χ0n) is 7.21. The summed E-state index contributed by atoms with van der Waals surface area (Å²) < 4.78 is 5.95. The van der Waals surface area contributed by atoms with Gasteiger partial charge in [0, 0.05) is 14.5 Å². The molecule has 1 rings (SSSR count). The van der Waals surface area contributed by atoms with Gasteiger partial charge in [0.2, 0.25) is 0 Å². The molecular weight excluding hydrogens is 316 g/mol. The van der Waals surface area contributed by atoms with Crippen LogP contribution in [-0.2, 0) is 4.74 Å². The van der Waals surface area contributed by atoms with Crippen LogP contribution in [0.25, 0.3) is 0 Å². The van der Waals surface area contributed by atoms with Crippen molar-refractivity contribution in [2.45, 2.75) is 0 Å². The molecule has 0 N–H and O–H groups in total. The number of hydrogen-bond donors (Lipinski definition) is 0. The van der Waals surface area contributed by atoms with Gasteiger partial charge >= 0.3 is 5.97 Å². The first kappa shape index (κ1) is 11.4. The van der Waals surface area contributed by atoms with Crippen LogP contribution in [0, 0.1) is 0 Å². The molecule has 0 spiro atoms. The van der Waals surface area contributed by atoms with E-state index in [2.05, 4.69) is 36.6 Å². The number of benzene rings is 1. The molecule has 0 atom stereocenters. The highest BCUT2D eigenvalue weighted by Gasteiger charge is 2.13. The van der Waals surface area contributed by atoms with Gasteiger partial charge in [-0.3, -0.25) is 4.79 Å². The van der Waals surface area contributed by atoms with E-state index in [0.717, 1.165) is 0 Å². The third-order valence-electron chi connectivity index (χ3n) is 1.62. The number of hydrogen-bond acceptors (Lipinski definition) is 3. The number of carbonyl (C=O) groups is 2. The van der Waals surface area contributed by atoms with E-state index < -0.39 is 5.97 Å². The Morgan fingerprint density at radius 3 is 2.43 bits per heavy atom. The van der Waals surface area contributed by atoms with Crippen molar-refractivity contribution in [3.05, 3.63) is 32.2 Å². The minimum atomic E-state index is -0.527. The van der Waals surface area contributed by atoms with Crippen LogP contribution < -0.4 is 0 Å². The van der Waals surface area contributed by atoms with Crippen molar-refractivity contribution in [2.24, 2.45) is 0 Å². The first-order valence-corrected chi connectivity index (χ1v) is 5.21. The minimum absolute atomic E-state index is 0.248. The van der Waals surface area contributed by atoms with Crippen LogP contribution in [0.15, 0.2) is 21.1 Å². The summed E-state index contributed by atoms with van der Waals surface area (Å²) in [5.74, 6) is -0.527. The van der Waals surface area contributed by atoms with Crippen LogP contribution >= 0.6 is 31.9 Å². The van der Waals surface area contributed by atoms with Gasteiger partial charge in [-0.2, -0.15) is 0 Å². The van der Waals surface area contributed by atoms with Crippen molar-refractivity contribution in [3.8, 4) is 0 Å². The van der Waals surface area contributed by atoms with Gasteiger partial charge in [-0.05, 0) is 44.0 Å². The van der Waals surface area contributed by atoms with E-state index in [0.29, 0.717) is 20.8 Å². The zero-order chi connectivity index (χ0) is 10.7. The van der Waals surface area contributed by atoms with E-state index in [4.69, 9.17) is 0 Å². The smallest absolute Gasteiger partial charge is 0.338 e. The lowest BCUT2D eigenvalue weighted by Crippen LogP contribution is -2.05. The Kier molecular flexibility index (Phi) is 3.83. The van der Waals surface area contributed by atoms with Crippen LogP contribution in [0.4, 0.5) is 0 Å². The third kappa shape index (κ3) is 2.22. The molecule has 5 heteroatoms. The minimum Gasteiger partial charge on any atom is -0.465 e. The molecule has 0 aliphatic rings. The van der Waals surface area contributed by atoms with Crippen molar-refractivity contribution in [1.29, 1.82) is 0 Å². The Balaban J connectivity index is 3.34. The van der Waals surface area contributed by atoms with Crippen LogP contribution in [0.3, 0.4) is 0 Å². The fourth-order valence-corrected chi connectivity index (χ4v) is 1.65. The summed E-state index contributed by atoms with van der Waals surface area (Å²) in [4.78, 5) is 21.9. The normalized spacial score (nSPS) is 9.64. The van der Waals surface area contributed by atoms with Crippen LogP contribution in [-0.4, -0.2) is 19.4 Å². The summed E-state index contributed by atoms with van der Waals surface area (Å²) in [6, 6.07) is 3.10. The first-order chi connectivity index (χ1) is 6.60. The summed E-state index contributed by atoms with van der Waals surface area (Å²) in [6.45, 7) is 0. The predicted molar refractivity (Wildman–Crippen MR) is 58.6 cm³/mol. The quantitative estimate of drug-likeness (QED) is 0.621. The molecule has 0 unspecified atom stereocenters. The van der Waals surface area contributed by atoms with E-state index in [1.807, 2.05) is 0 Å². The lowest BCUT2D eigenvalue weighted by Gasteiger charge is -2.04. The molecule has 3 nitrogen and oxygen atoms in total. The lowest BCUT2D eigenvalue weighted by molar-refractivity contribution is 0.0598. The maximum Gasteiger partial charge on any atom is 0.338 e. The van der Waals surface area contributed by atoms with Gasteiger partial charge in [-0.25, -0.2) is 4.79 Å². The van der Waals surface area contributed by atoms with Gasteiger partial charge in [0.25, 0.3) is 0 Å². The van der Waals surface area contributed by atoms with Crippen molar-refractivity contribution in [1.82, 2.24) is 0 Å². The summed E-state index contributed by atoms with van der Waals surface area (Å²) in [7, 11) is 1.27. The maximum atomic E-state index is 11.2. The summed E-state index contributed by atoms with van der Waals surface area (Å²) in [5, 5.41) is 0. The van der Waals surface area contributed by atoms with Crippen molar-refractivity contribution >= 4 is 44.1 Å². The number of rotatable bonds is 2. The summed E-state index contributed by atoms with van der Waals surface area (Å²) in [5.41, 5.74) is 0.546. The Morgan fingerprint density at radius 2 is 1.93 bits per heavy atom. The molecule has 0 saturated carbocycles. The standard InChI is InChI=1S/C9H6Br2O3/c1-14-9(13)6-3-8(11)7(10)2-5(6)4-12/h2-4H,1H3. The van der Waals surface area contributed by atoms with Crippen molar-refractivity contribution in [3.63, 3.8) is 0 Å². The number of ether oxygens (including phenoxy) is 1. The van der Waals surface area contributed by atoms with Gasteiger partial charge in [-0.15, -0.1) is 0 Å². The van der Waals surface area contributed by atoms with E-state index in [9.17, 15) is 9.59 Å². The first-order valence-electron chi connectivity index (χ1n) is 3.62. The highest BCUT2D eigenvalue weighted by atomic mass is 79.9. The van der Waals surface area contributed by atoms with Gasteiger partial charge < -0.3 is 4.74 Å². The van der Waals surface area contributed by atoms with Crippen LogP contribution in [0.5, 0.6) is 0 Å². The molecule has 0 aliphatic heterocycles. The second-order valence-electron chi connectivity index (χ2n) is 2.46. The summed E-state index contributed by atoms with van der Waals surface area (Å²) in [6.07, 6.45) is 0.615. The van der Waals surface area contributed by atoms with Crippen LogP contribution in [0.2, 0.25) is 0 Å². The molecule has 1 aromatic carbocycles. The third-order valence-corrected chi connectivity index (χ3v) is 3.47. The Hall–Kier alpha value is -0.680. The average molecular weight is 322 g/mol. The monoisotopic (exact) mass is 320 g/mol. The molecule has 0 aromatic heterocycles. The predicted octanol–water partition coefficient (Wildman–Crippen LogP) is 2.81. The molecule has 0 bridgehead atoms. The molecule has 14 heavy (non-hydrogen) atoms. The SMILES string of the molecule is COC(=O)c1cc(Br)c(Br)cc1C=O. The molecule has 0 radical (unpaired) electrons. The van der Waals surface area contributed by atoms with Gasteiger partial charge in [-0.1, -0.05) is 0 Å². The highest BCUT2D eigenvalue weighted by molar-refractivity contribution is 9.13. The van der Waals surface area contributed by atoms with Gasteiger partial charge in [0.1, 0.15) is 0 Å². The van der Waals surface area contributed by atoms with E-state index in [-0.39, 0.29) is 5.56 Å². The maximum absolute atomic E-state index is 11.2. The summed E-state index contributed by atoms with van der Waals surface area (Å²) >= 11 is 6.47. The number of halogens is 2. The topological polar surface area (TPSA) is 43.4 Å². The van der Waals surface area contributed by atoms with Gasteiger partial charge in [0.15, 0.2) is 6.29 Å². The number of esters is 1. The average Bonchev–Trinajstić information content (AvgIpc) is 2.20. The lowest BCUT2D eigenvalue weighted by atomic mass is 10.1. The number of aldehydes is 1. The fourth-order valence-electron chi connectivity index (χ4n) is 0.946. The molecule has 0 fully saturated rings. The number of methoxy groups -OCH3 is 1. The number of carbonyl (C=O) groups excluding carboxylic acids is 2. The fraction of sp³-hybridized carbons (Fsp3) is 0.111.